The highest BCUT2D eigenvalue weighted by molar-refractivity contribution is 7.58. The Hall–Kier alpha value is 0.210. The van der Waals surface area contributed by atoms with Crippen molar-refractivity contribution in [3.8, 4) is 0 Å². The fraction of sp³-hybridized carbons (Fsp3) is 1.00. The maximum atomic E-state index is 10.7. The van der Waals surface area contributed by atoms with Crippen LogP contribution in [0, 0.1) is 0 Å². The molecule has 0 unspecified atom stereocenters. The molecule has 0 heterocycles. The molecule has 0 saturated carbocycles. The first-order valence-corrected chi connectivity index (χ1v) is 1.91. The van der Waals surface area contributed by atoms with Crippen LogP contribution in [0.3, 0.4) is 0 Å². The average Bonchev–Trinajstić information content (AvgIpc) is 1.38. The van der Waals surface area contributed by atoms with Gasteiger partial charge in [-0.05, 0) is 12.6 Å². The highest BCUT2D eigenvalue weighted by Crippen LogP contribution is 1.85. The van der Waals surface area contributed by atoms with Gasteiger partial charge in [-0.15, -0.1) is 0 Å². The smallest absolute Gasteiger partial charge is 0.205 e. The SMILES string of the molecule is FC(F)C[SH2+]. The minimum Gasteiger partial charge on any atom is -0.205 e. The maximum absolute atomic E-state index is 10.7. The van der Waals surface area contributed by atoms with Gasteiger partial charge < -0.3 is 0 Å². The van der Waals surface area contributed by atoms with Crippen molar-refractivity contribution in [2.24, 2.45) is 0 Å². The minimum absolute atomic E-state index is 0.222. The predicted octanol–water partition coefficient (Wildman–Crippen LogP) is 0.263. The van der Waals surface area contributed by atoms with E-state index in [1.807, 2.05) is 0 Å². The summed E-state index contributed by atoms with van der Waals surface area (Å²) < 4.78 is 21.4. The summed E-state index contributed by atoms with van der Waals surface area (Å²) >= 11 is 2.60. The highest BCUT2D eigenvalue weighted by atomic mass is 32.1. The zero-order valence-corrected chi connectivity index (χ0v) is 3.54. The molecule has 0 saturated heterocycles. The van der Waals surface area contributed by atoms with Gasteiger partial charge in [-0.2, -0.15) is 0 Å². The molecule has 0 aromatic heterocycles. The third kappa shape index (κ3) is 4.21. The number of halogens is 2. The lowest BCUT2D eigenvalue weighted by Crippen LogP contribution is -1.91. The fourth-order valence-corrected chi connectivity index (χ4v) is 0. The molecule has 0 aromatic carbocycles. The average molecular weight is 99.1 g/mol. The van der Waals surface area contributed by atoms with E-state index in [-0.39, 0.29) is 5.75 Å². The Morgan fingerprint density at radius 3 is 1.80 bits per heavy atom. The van der Waals surface area contributed by atoms with Gasteiger partial charge in [0, 0.05) is 0 Å². The first-order valence-electron chi connectivity index (χ1n) is 1.20. The van der Waals surface area contributed by atoms with Crippen LogP contribution in [0.4, 0.5) is 8.78 Å². The summed E-state index contributed by atoms with van der Waals surface area (Å²) in [5, 5.41) is 0. The summed E-state index contributed by atoms with van der Waals surface area (Å²) in [6, 6.07) is 0. The van der Waals surface area contributed by atoms with Gasteiger partial charge in [-0.1, -0.05) is 0 Å². The Morgan fingerprint density at radius 1 is 1.60 bits per heavy atom. The van der Waals surface area contributed by atoms with E-state index < -0.39 is 6.43 Å². The Labute approximate surface area is 34.6 Å². The van der Waals surface area contributed by atoms with Crippen LogP contribution < -0.4 is 0 Å². The molecule has 0 bridgehead atoms. The standard InChI is InChI=1S/C2H4F2S/c3-2(4)1-5/h2,5H,1H2/p+1. The Balaban J connectivity index is 2.54. The van der Waals surface area contributed by atoms with Crippen molar-refractivity contribution < 1.29 is 8.78 Å². The summed E-state index contributed by atoms with van der Waals surface area (Å²) in [5.41, 5.74) is 0. The lowest BCUT2D eigenvalue weighted by Gasteiger charge is -1.75. The largest absolute Gasteiger partial charge is 0.282 e. The summed E-state index contributed by atoms with van der Waals surface area (Å²) in [7, 11) is 0. The Morgan fingerprint density at radius 2 is 1.80 bits per heavy atom. The van der Waals surface area contributed by atoms with Crippen molar-refractivity contribution in [2.45, 2.75) is 6.43 Å². The summed E-state index contributed by atoms with van der Waals surface area (Å²) in [6.07, 6.45) is -2.20. The van der Waals surface area contributed by atoms with Crippen LogP contribution >= 0.6 is 0 Å². The molecule has 0 aliphatic heterocycles. The number of hydrogen-bond donors (Lipinski definition) is 0. The Kier molecular flexibility index (Phi) is 2.55. The van der Waals surface area contributed by atoms with Crippen molar-refractivity contribution >= 4 is 12.6 Å². The summed E-state index contributed by atoms with van der Waals surface area (Å²) in [6.45, 7) is 0. The summed E-state index contributed by atoms with van der Waals surface area (Å²) in [4.78, 5) is 0. The highest BCUT2D eigenvalue weighted by Gasteiger charge is 1.97. The van der Waals surface area contributed by atoms with Crippen LogP contribution in [0.1, 0.15) is 0 Å². The van der Waals surface area contributed by atoms with E-state index in [4.69, 9.17) is 0 Å². The summed E-state index contributed by atoms with van der Waals surface area (Å²) in [5.74, 6) is -0.222. The van der Waals surface area contributed by atoms with Gasteiger partial charge in [0.1, 0.15) is 0 Å². The van der Waals surface area contributed by atoms with E-state index in [0.29, 0.717) is 0 Å². The first kappa shape index (κ1) is 5.21. The molecular weight excluding hydrogens is 94.1 g/mol. The van der Waals surface area contributed by atoms with Gasteiger partial charge in [0.15, 0.2) is 5.75 Å². The topological polar surface area (TPSA) is 0 Å². The van der Waals surface area contributed by atoms with Gasteiger partial charge in [0.05, 0.1) is 0 Å². The van der Waals surface area contributed by atoms with Gasteiger partial charge in [0.25, 0.3) is 6.43 Å². The molecule has 0 radical (unpaired) electrons. The van der Waals surface area contributed by atoms with E-state index in [0.717, 1.165) is 0 Å². The predicted molar refractivity (Wildman–Crippen MR) is 21.0 cm³/mol. The molecule has 0 fully saturated rings. The lowest BCUT2D eigenvalue weighted by molar-refractivity contribution is 0.177. The van der Waals surface area contributed by atoms with Crippen LogP contribution in [0.25, 0.3) is 0 Å². The molecule has 0 spiro atoms. The molecule has 32 valence electrons. The molecule has 0 aliphatic rings. The Bertz CT molecular complexity index is 21.6. The van der Waals surface area contributed by atoms with E-state index in [1.165, 1.54) is 0 Å². The molecule has 0 nitrogen and oxygen atoms in total. The third-order valence-electron chi connectivity index (χ3n) is 0.154. The first-order chi connectivity index (χ1) is 2.27. The second-order valence-electron chi connectivity index (χ2n) is 0.595. The molecule has 3 heteroatoms. The molecular formula is C2H5F2S+. The number of hydrogen-bond acceptors (Lipinski definition) is 0. The van der Waals surface area contributed by atoms with E-state index in [1.54, 1.807) is 0 Å². The van der Waals surface area contributed by atoms with Gasteiger partial charge in [-0.25, -0.2) is 8.78 Å². The second-order valence-corrected chi connectivity index (χ2v) is 1.00. The van der Waals surface area contributed by atoms with Crippen molar-refractivity contribution in [1.29, 1.82) is 0 Å². The van der Waals surface area contributed by atoms with Gasteiger partial charge in [-0.3, -0.25) is 0 Å². The van der Waals surface area contributed by atoms with E-state index >= 15 is 0 Å². The second kappa shape index (κ2) is 2.45. The molecule has 0 aromatic rings. The van der Waals surface area contributed by atoms with E-state index in [2.05, 4.69) is 12.6 Å². The van der Waals surface area contributed by atoms with Crippen LogP contribution in [0.2, 0.25) is 0 Å². The van der Waals surface area contributed by atoms with E-state index in [9.17, 15) is 8.78 Å². The van der Waals surface area contributed by atoms with Crippen molar-refractivity contribution in [1.82, 2.24) is 0 Å². The van der Waals surface area contributed by atoms with Crippen LogP contribution in [-0.4, -0.2) is 12.2 Å². The molecule has 0 amide bonds. The van der Waals surface area contributed by atoms with Crippen LogP contribution in [0.15, 0.2) is 0 Å². The zero-order valence-electron chi connectivity index (χ0n) is 2.54. The fourth-order valence-electron chi connectivity index (χ4n) is 0. The third-order valence-corrected chi connectivity index (χ3v) is 0.463. The van der Waals surface area contributed by atoms with Gasteiger partial charge >= 0.3 is 0 Å². The lowest BCUT2D eigenvalue weighted by atomic mass is 10.9. The number of alkyl halides is 2. The molecule has 5 heavy (non-hydrogen) atoms. The van der Waals surface area contributed by atoms with Crippen molar-refractivity contribution in [2.75, 3.05) is 5.75 Å². The quantitative estimate of drug-likeness (QED) is 0.414. The van der Waals surface area contributed by atoms with Crippen molar-refractivity contribution in [3.63, 3.8) is 0 Å². The van der Waals surface area contributed by atoms with Crippen molar-refractivity contribution in [3.05, 3.63) is 0 Å². The number of rotatable bonds is 1. The van der Waals surface area contributed by atoms with Gasteiger partial charge in [0.2, 0.25) is 0 Å². The maximum Gasteiger partial charge on any atom is 0.282 e. The molecule has 0 aliphatic carbocycles. The minimum atomic E-state index is -2.20. The molecule has 0 atom stereocenters. The molecule has 0 rings (SSSR count). The monoisotopic (exact) mass is 99.0 g/mol. The molecule has 0 N–H and O–H groups in total. The van der Waals surface area contributed by atoms with Crippen LogP contribution in [-0.2, 0) is 12.6 Å². The van der Waals surface area contributed by atoms with Crippen LogP contribution in [0.5, 0.6) is 0 Å². The zero-order chi connectivity index (χ0) is 4.28. The normalized spacial score (nSPS) is 9.60.